The lowest BCUT2D eigenvalue weighted by Gasteiger charge is -2.38. The Morgan fingerprint density at radius 3 is 1.33 bits per heavy atom. The fourth-order valence-corrected chi connectivity index (χ4v) is 5.20. The molecule has 174 valence electrons. The number of ether oxygens (including phenoxy) is 2. The van der Waals surface area contributed by atoms with E-state index in [0.29, 0.717) is 23.7 Å². The molecule has 8 atom stereocenters. The fourth-order valence-electron chi connectivity index (χ4n) is 5.20. The van der Waals surface area contributed by atoms with Crippen LogP contribution in [-0.2, 0) is 19.1 Å². The minimum absolute atomic E-state index is 0.219. The van der Waals surface area contributed by atoms with Crippen molar-refractivity contribution in [1.82, 2.24) is 0 Å². The van der Waals surface area contributed by atoms with Gasteiger partial charge in [-0.2, -0.15) is 0 Å². The molecule has 0 aromatic heterocycles. The van der Waals surface area contributed by atoms with Crippen LogP contribution >= 0.6 is 0 Å². The van der Waals surface area contributed by atoms with Crippen LogP contribution in [0.2, 0.25) is 0 Å². The maximum Gasteiger partial charge on any atom is 0.338 e. The third-order valence-corrected chi connectivity index (χ3v) is 7.24. The summed E-state index contributed by atoms with van der Waals surface area (Å²) in [6, 6.07) is 0. The third kappa shape index (κ3) is 6.43. The van der Waals surface area contributed by atoms with E-state index >= 15 is 0 Å². The number of aliphatic hydroxyl groups is 2. The van der Waals surface area contributed by atoms with Gasteiger partial charge in [-0.05, 0) is 61.2 Å². The zero-order valence-electron chi connectivity index (χ0n) is 19.5. The molecule has 0 bridgehead atoms. The molecule has 2 aliphatic rings. The van der Waals surface area contributed by atoms with E-state index in [2.05, 4.69) is 41.5 Å². The van der Waals surface area contributed by atoms with Crippen molar-refractivity contribution in [3.05, 3.63) is 0 Å². The SMILES string of the molecule is CC(C)[C@H]1CC[C@H](C)C[C@@H]1OC(=O)C(O)C(O)C(=O)O[C@H]1C[C@@H](C)CC[C@@H]1C(C)C. The van der Waals surface area contributed by atoms with Crippen LogP contribution in [0.15, 0.2) is 0 Å². The molecular formula is C24H42O6. The van der Waals surface area contributed by atoms with Gasteiger partial charge in [0.15, 0.2) is 12.2 Å². The molecular weight excluding hydrogens is 384 g/mol. The molecule has 0 radical (unpaired) electrons. The Morgan fingerprint density at radius 1 is 0.700 bits per heavy atom. The largest absolute Gasteiger partial charge is 0.460 e. The van der Waals surface area contributed by atoms with Crippen molar-refractivity contribution in [3.63, 3.8) is 0 Å². The Kier molecular flexibility index (Phi) is 9.16. The molecule has 2 unspecified atom stereocenters. The van der Waals surface area contributed by atoms with E-state index in [9.17, 15) is 19.8 Å². The lowest BCUT2D eigenvalue weighted by atomic mass is 9.75. The number of carbonyl (C=O) groups is 2. The summed E-state index contributed by atoms with van der Waals surface area (Å²) >= 11 is 0. The van der Waals surface area contributed by atoms with Gasteiger partial charge in [-0.25, -0.2) is 9.59 Å². The van der Waals surface area contributed by atoms with E-state index in [-0.39, 0.29) is 24.0 Å². The molecule has 2 fully saturated rings. The van der Waals surface area contributed by atoms with Crippen LogP contribution in [0, 0.1) is 35.5 Å². The predicted molar refractivity (Wildman–Crippen MR) is 114 cm³/mol. The van der Waals surface area contributed by atoms with Crippen molar-refractivity contribution in [2.75, 3.05) is 0 Å². The Hall–Kier alpha value is -1.14. The second-order valence-corrected chi connectivity index (χ2v) is 10.5. The minimum atomic E-state index is -1.93. The summed E-state index contributed by atoms with van der Waals surface area (Å²) in [5, 5.41) is 20.6. The van der Waals surface area contributed by atoms with Crippen LogP contribution < -0.4 is 0 Å². The number of rotatable bonds is 7. The molecule has 2 N–H and O–H groups in total. The summed E-state index contributed by atoms with van der Waals surface area (Å²) in [6.45, 7) is 12.6. The van der Waals surface area contributed by atoms with Crippen LogP contribution in [-0.4, -0.2) is 46.6 Å². The Balaban J connectivity index is 1.96. The van der Waals surface area contributed by atoms with Gasteiger partial charge in [-0.15, -0.1) is 0 Å². The molecule has 0 aliphatic heterocycles. The molecule has 2 saturated carbocycles. The van der Waals surface area contributed by atoms with Gasteiger partial charge in [-0.1, -0.05) is 54.4 Å². The molecule has 0 saturated heterocycles. The minimum Gasteiger partial charge on any atom is -0.460 e. The van der Waals surface area contributed by atoms with Crippen molar-refractivity contribution in [2.45, 2.75) is 104 Å². The highest BCUT2D eigenvalue weighted by Crippen LogP contribution is 2.37. The molecule has 0 amide bonds. The van der Waals surface area contributed by atoms with Crippen LogP contribution in [0.1, 0.15) is 80.1 Å². The second-order valence-electron chi connectivity index (χ2n) is 10.5. The molecule has 2 aliphatic carbocycles. The van der Waals surface area contributed by atoms with Crippen molar-refractivity contribution in [2.24, 2.45) is 35.5 Å². The van der Waals surface area contributed by atoms with E-state index in [1.807, 2.05) is 0 Å². The van der Waals surface area contributed by atoms with Crippen molar-refractivity contribution >= 4 is 11.9 Å². The van der Waals surface area contributed by atoms with Crippen molar-refractivity contribution < 1.29 is 29.3 Å². The van der Waals surface area contributed by atoms with Gasteiger partial charge in [0.2, 0.25) is 0 Å². The summed E-state index contributed by atoms with van der Waals surface area (Å²) < 4.78 is 11.2. The Morgan fingerprint density at radius 2 is 1.03 bits per heavy atom. The summed E-state index contributed by atoms with van der Waals surface area (Å²) in [5.74, 6) is 0.126. The van der Waals surface area contributed by atoms with Crippen LogP contribution in [0.3, 0.4) is 0 Å². The van der Waals surface area contributed by atoms with Crippen molar-refractivity contribution in [1.29, 1.82) is 0 Å². The summed E-state index contributed by atoms with van der Waals surface area (Å²) in [7, 11) is 0. The molecule has 0 aromatic carbocycles. The normalized spacial score (nSPS) is 34.5. The first-order valence-electron chi connectivity index (χ1n) is 11.8. The zero-order valence-corrected chi connectivity index (χ0v) is 19.5. The van der Waals surface area contributed by atoms with Gasteiger partial charge in [-0.3, -0.25) is 0 Å². The third-order valence-electron chi connectivity index (χ3n) is 7.24. The molecule has 0 aromatic rings. The van der Waals surface area contributed by atoms with Gasteiger partial charge < -0.3 is 19.7 Å². The van der Waals surface area contributed by atoms with Gasteiger partial charge >= 0.3 is 11.9 Å². The molecule has 6 heteroatoms. The highest BCUT2D eigenvalue weighted by Gasteiger charge is 2.40. The number of esters is 2. The first-order chi connectivity index (χ1) is 14.0. The lowest BCUT2D eigenvalue weighted by Crippen LogP contribution is -2.47. The van der Waals surface area contributed by atoms with Gasteiger partial charge in [0.05, 0.1) is 0 Å². The topological polar surface area (TPSA) is 93.1 Å². The first kappa shape index (κ1) is 25.1. The van der Waals surface area contributed by atoms with Crippen LogP contribution in [0.5, 0.6) is 0 Å². The number of aliphatic hydroxyl groups excluding tert-OH is 2. The maximum absolute atomic E-state index is 12.5. The van der Waals surface area contributed by atoms with E-state index in [1.165, 1.54) is 0 Å². The zero-order chi connectivity index (χ0) is 22.6. The first-order valence-corrected chi connectivity index (χ1v) is 11.8. The van der Waals surface area contributed by atoms with Crippen LogP contribution in [0.25, 0.3) is 0 Å². The average Bonchev–Trinajstić information content (AvgIpc) is 2.66. The summed E-state index contributed by atoms with van der Waals surface area (Å²) in [6.07, 6.45) is 1.11. The summed E-state index contributed by atoms with van der Waals surface area (Å²) in [4.78, 5) is 25.0. The highest BCUT2D eigenvalue weighted by molar-refractivity contribution is 5.85. The van der Waals surface area contributed by atoms with Gasteiger partial charge in [0, 0.05) is 0 Å². The van der Waals surface area contributed by atoms with E-state index in [0.717, 1.165) is 38.5 Å². The molecule has 0 heterocycles. The van der Waals surface area contributed by atoms with E-state index in [4.69, 9.17) is 9.47 Å². The Labute approximate surface area is 181 Å². The van der Waals surface area contributed by atoms with Gasteiger partial charge in [0.1, 0.15) is 12.2 Å². The fraction of sp³-hybridized carbons (Fsp3) is 0.917. The van der Waals surface area contributed by atoms with Crippen LogP contribution in [0.4, 0.5) is 0 Å². The van der Waals surface area contributed by atoms with E-state index in [1.54, 1.807) is 0 Å². The average molecular weight is 427 g/mol. The van der Waals surface area contributed by atoms with Crippen molar-refractivity contribution in [3.8, 4) is 0 Å². The standard InChI is InChI=1S/C24H42O6/c1-13(2)17-9-7-15(5)11-19(17)29-23(27)21(25)22(26)24(28)30-20-12-16(6)8-10-18(20)14(3)4/h13-22,25-26H,7-12H2,1-6H3/t15-,16-,17+,18+,19-,20-,21?,22?/m0/s1. The summed E-state index contributed by atoms with van der Waals surface area (Å²) in [5.41, 5.74) is 0. The number of hydrogen-bond acceptors (Lipinski definition) is 6. The maximum atomic E-state index is 12.5. The Bertz CT molecular complexity index is 524. The molecule has 6 nitrogen and oxygen atoms in total. The lowest BCUT2D eigenvalue weighted by molar-refractivity contribution is -0.185. The quantitative estimate of drug-likeness (QED) is 0.603. The number of hydrogen-bond donors (Lipinski definition) is 2. The predicted octanol–water partition coefficient (Wildman–Crippen LogP) is 3.72. The highest BCUT2D eigenvalue weighted by atomic mass is 16.6. The monoisotopic (exact) mass is 426 g/mol. The molecule has 2 rings (SSSR count). The second kappa shape index (κ2) is 10.9. The number of carbonyl (C=O) groups excluding carboxylic acids is 2. The molecule has 0 spiro atoms. The van der Waals surface area contributed by atoms with Gasteiger partial charge in [0.25, 0.3) is 0 Å². The smallest absolute Gasteiger partial charge is 0.338 e. The molecule has 30 heavy (non-hydrogen) atoms. The van der Waals surface area contributed by atoms with E-state index < -0.39 is 24.1 Å².